The van der Waals surface area contributed by atoms with Gasteiger partial charge in [-0.2, -0.15) is 0 Å². The maximum absolute atomic E-state index is 4.88. The van der Waals surface area contributed by atoms with E-state index < -0.39 is 0 Å². The molecule has 0 bridgehead atoms. The quantitative estimate of drug-likeness (QED) is 0.269. The Morgan fingerprint density at radius 2 is 2.40 bits per heavy atom. The van der Waals surface area contributed by atoms with E-state index in [-0.39, 0.29) is 0 Å². The van der Waals surface area contributed by atoms with Gasteiger partial charge in [-0.15, -0.1) is 11.8 Å². The van der Waals surface area contributed by atoms with E-state index >= 15 is 0 Å². The van der Waals surface area contributed by atoms with Gasteiger partial charge >= 0.3 is 0 Å². The van der Waals surface area contributed by atoms with Crippen molar-refractivity contribution in [3.8, 4) is 0 Å². The van der Waals surface area contributed by atoms with Crippen LogP contribution in [-0.4, -0.2) is 14.2 Å². The molecule has 0 atom stereocenters. The zero-order chi connectivity index (χ0) is 4.12. The lowest BCUT2D eigenvalue weighted by Crippen LogP contribution is -2.18. The second-order valence-corrected chi connectivity index (χ2v) is 0.910. The topological polar surface area (TPSA) is 24.1 Å². The molecule has 0 aliphatic heterocycles. The van der Waals surface area contributed by atoms with Crippen LogP contribution in [0.4, 0.5) is 0 Å². The van der Waals surface area contributed by atoms with E-state index in [0.717, 1.165) is 11.8 Å². The minimum absolute atomic E-state index is 1.04. The third-order valence-electron chi connectivity index (χ3n) is 0.161. The SMILES string of the molecule is [B]SNNC. The van der Waals surface area contributed by atoms with Crippen molar-refractivity contribution in [3.63, 3.8) is 0 Å². The van der Waals surface area contributed by atoms with Crippen molar-refractivity contribution in [1.29, 1.82) is 0 Å². The molecule has 0 unspecified atom stereocenters. The summed E-state index contributed by atoms with van der Waals surface area (Å²) in [6.07, 6.45) is 0. The molecule has 0 aromatic heterocycles. The molecule has 0 rings (SSSR count). The number of rotatable bonds is 2. The standard InChI is InChI=1S/CH5BN2S/c1-3-4-5-2/h3-4H,1H3. The molecule has 28 valence electrons. The van der Waals surface area contributed by atoms with Crippen molar-refractivity contribution in [2.24, 2.45) is 0 Å². The summed E-state index contributed by atoms with van der Waals surface area (Å²) in [5.74, 6) is 0. The van der Waals surface area contributed by atoms with Crippen molar-refractivity contribution in [2.75, 3.05) is 7.05 Å². The number of hydrogen-bond acceptors (Lipinski definition) is 3. The lowest BCUT2D eigenvalue weighted by molar-refractivity contribution is 0.822. The molecule has 0 aromatic carbocycles. The molecule has 2 N–H and O–H groups in total. The summed E-state index contributed by atoms with van der Waals surface area (Å²) in [6.45, 7) is 0. The normalized spacial score (nSPS) is 8.20. The van der Waals surface area contributed by atoms with E-state index in [2.05, 4.69) is 10.3 Å². The molecule has 0 heterocycles. The average molecular weight is 87.9 g/mol. The highest BCUT2D eigenvalue weighted by molar-refractivity contribution is 8.18. The number of hydrogen-bond donors (Lipinski definition) is 2. The molecular weight excluding hydrogens is 82.9 g/mol. The monoisotopic (exact) mass is 88.0 g/mol. The molecule has 0 aromatic rings. The summed E-state index contributed by atoms with van der Waals surface area (Å²) in [7, 11) is 6.63. The van der Waals surface area contributed by atoms with Crippen LogP contribution < -0.4 is 10.3 Å². The first kappa shape index (κ1) is 5.33. The highest BCUT2D eigenvalue weighted by Gasteiger charge is 1.59. The van der Waals surface area contributed by atoms with Gasteiger partial charge in [0.1, 0.15) is 0 Å². The molecule has 0 saturated heterocycles. The first-order valence-electron chi connectivity index (χ1n) is 1.19. The van der Waals surface area contributed by atoms with Crippen LogP contribution in [0, 0.1) is 0 Å². The van der Waals surface area contributed by atoms with Gasteiger partial charge in [0.15, 0.2) is 7.12 Å². The van der Waals surface area contributed by atoms with E-state index in [4.69, 9.17) is 7.12 Å². The van der Waals surface area contributed by atoms with Crippen LogP contribution in [0.15, 0.2) is 0 Å². The molecule has 4 heteroatoms. The molecule has 0 spiro atoms. The Morgan fingerprint density at radius 1 is 1.80 bits per heavy atom. The van der Waals surface area contributed by atoms with Crippen molar-refractivity contribution < 1.29 is 0 Å². The molecule has 5 heavy (non-hydrogen) atoms. The van der Waals surface area contributed by atoms with Gasteiger partial charge in [-0.05, 0) is 7.05 Å². The Hall–Kier alpha value is 0.335. The second kappa shape index (κ2) is 4.33. The van der Waals surface area contributed by atoms with Crippen LogP contribution in [0.25, 0.3) is 0 Å². The van der Waals surface area contributed by atoms with Gasteiger partial charge in [-0.3, -0.25) is 5.43 Å². The molecule has 0 fully saturated rings. The Kier molecular flexibility index (Phi) is 4.63. The number of nitrogens with one attached hydrogen (secondary N) is 2. The highest BCUT2D eigenvalue weighted by Crippen LogP contribution is 1.68. The molecule has 0 amide bonds. The largest absolute Gasteiger partial charge is 0.252 e. The fraction of sp³-hybridized carbons (Fsp3) is 1.00. The van der Waals surface area contributed by atoms with Gasteiger partial charge in [0.05, 0.1) is 0 Å². The van der Waals surface area contributed by atoms with Crippen molar-refractivity contribution in [2.45, 2.75) is 0 Å². The van der Waals surface area contributed by atoms with Gasteiger partial charge < -0.3 is 0 Å². The Bertz CT molecular complexity index is 17.1. The molecular formula is CH5BN2S. The molecule has 0 saturated carbocycles. The molecule has 0 aliphatic carbocycles. The van der Waals surface area contributed by atoms with Crippen LogP contribution in [0.2, 0.25) is 0 Å². The number of hydrazine groups is 1. The summed E-state index contributed by atoms with van der Waals surface area (Å²) in [5, 5.41) is 0. The lowest BCUT2D eigenvalue weighted by atomic mass is 10.8. The summed E-state index contributed by atoms with van der Waals surface area (Å²) in [4.78, 5) is 2.56. The molecule has 2 nitrogen and oxygen atoms in total. The molecule has 2 radical (unpaired) electrons. The average Bonchev–Trinajstić information content (AvgIpc) is 1.41. The van der Waals surface area contributed by atoms with Crippen LogP contribution in [0.5, 0.6) is 0 Å². The van der Waals surface area contributed by atoms with E-state index in [1.165, 1.54) is 0 Å². The first-order valence-corrected chi connectivity index (χ1v) is 2.07. The lowest BCUT2D eigenvalue weighted by Gasteiger charge is -1.89. The van der Waals surface area contributed by atoms with Gasteiger partial charge in [-0.1, -0.05) is 0 Å². The maximum Gasteiger partial charge on any atom is 0.186 e. The highest BCUT2D eigenvalue weighted by atomic mass is 32.2. The van der Waals surface area contributed by atoms with Gasteiger partial charge in [-0.25, -0.2) is 4.83 Å². The fourth-order valence-corrected chi connectivity index (χ4v) is 0.177. The van der Waals surface area contributed by atoms with Crippen LogP contribution in [-0.2, 0) is 0 Å². The predicted molar refractivity (Wildman–Crippen MR) is 25.5 cm³/mol. The van der Waals surface area contributed by atoms with E-state index in [1.54, 1.807) is 7.05 Å². The minimum atomic E-state index is 1.04. The van der Waals surface area contributed by atoms with E-state index in [9.17, 15) is 0 Å². The fourth-order valence-electron chi connectivity index (χ4n) is 0.0589. The van der Waals surface area contributed by atoms with Crippen molar-refractivity contribution in [1.82, 2.24) is 10.3 Å². The van der Waals surface area contributed by atoms with Gasteiger partial charge in [0.2, 0.25) is 0 Å². The van der Waals surface area contributed by atoms with E-state index in [1.807, 2.05) is 0 Å². The van der Waals surface area contributed by atoms with Gasteiger partial charge in [0.25, 0.3) is 0 Å². The summed E-state index contributed by atoms with van der Waals surface area (Å²) < 4.78 is 0. The summed E-state index contributed by atoms with van der Waals surface area (Å²) >= 11 is 1.04. The van der Waals surface area contributed by atoms with Crippen molar-refractivity contribution in [3.05, 3.63) is 0 Å². The van der Waals surface area contributed by atoms with Crippen LogP contribution >= 0.6 is 11.8 Å². The summed E-state index contributed by atoms with van der Waals surface area (Å²) in [5.41, 5.74) is 2.61. The second-order valence-electron chi connectivity index (χ2n) is 0.470. The maximum atomic E-state index is 4.88. The Balaban J connectivity index is 2.19. The van der Waals surface area contributed by atoms with Gasteiger partial charge in [0, 0.05) is 0 Å². The predicted octanol–water partition coefficient (Wildman–Crippen LogP) is -0.558. The first-order chi connectivity index (χ1) is 2.41. The van der Waals surface area contributed by atoms with Crippen LogP contribution in [0.3, 0.4) is 0 Å². The third kappa shape index (κ3) is 4.33. The minimum Gasteiger partial charge on any atom is -0.252 e. The Morgan fingerprint density at radius 3 is 2.40 bits per heavy atom. The van der Waals surface area contributed by atoms with Crippen LogP contribution in [0.1, 0.15) is 0 Å². The van der Waals surface area contributed by atoms with Crippen molar-refractivity contribution >= 4 is 18.9 Å². The molecule has 0 aliphatic rings. The zero-order valence-electron chi connectivity index (χ0n) is 2.99. The zero-order valence-corrected chi connectivity index (χ0v) is 3.80. The summed E-state index contributed by atoms with van der Waals surface area (Å²) in [6, 6.07) is 0. The smallest absolute Gasteiger partial charge is 0.186 e. The third-order valence-corrected chi connectivity index (χ3v) is 0.483. The Labute approximate surface area is 37.1 Å². The van der Waals surface area contributed by atoms with E-state index in [0.29, 0.717) is 0 Å².